The van der Waals surface area contributed by atoms with Crippen LogP contribution < -0.4 is 0 Å². The van der Waals surface area contributed by atoms with Crippen LogP contribution in [0.1, 0.15) is 32.1 Å². The number of hydrogen-bond acceptors (Lipinski definition) is 3. The topological polar surface area (TPSA) is 57.7 Å². The summed E-state index contributed by atoms with van der Waals surface area (Å²) >= 11 is 0. The Bertz CT molecular complexity index is 348. The monoisotopic (exact) mass is 238 g/mol. The minimum Gasteiger partial charge on any atom is -0.318 e. The summed E-state index contributed by atoms with van der Waals surface area (Å²) < 4.78 is 0. The quantitative estimate of drug-likeness (QED) is 0.690. The van der Waals surface area contributed by atoms with Gasteiger partial charge in [0.25, 0.3) is 5.91 Å². The van der Waals surface area contributed by atoms with Gasteiger partial charge < -0.3 is 4.90 Å². The molecule has 5 heteroatoms. The summed E-state index contributed by atoms with van der Waals surface area (Å²) in [5.74, 6) is -0.168. The van der Waals surface area contributed by atoms with Crippen molar-refractivity contribution in [1.82, 2.24) is 9.80 Å². The van der Waals surface area contributed by atoms with Gasteiger partial charge in [0.1, 0.15) is 6.54 Å². The van der Waals surface area contributed by atoms with Crippen molar-refractivity contribution in [3.63, 3.8) is 0 Å². The van der Waals surface area contributed by atoms with E-state index in [1.54, 1.807) is 7.05 Å². The average Bonchev–Trinajstić information content (AvgIpc) is 2.57. The van der Waals surface area contributed by atoms with Crippen molar-refractivity contribution >= 4 is 17.7 Å². The maximum atomic E-state index is 12.0. The number of amides is 3. The highest BCUT2D eigenvalue weighted by atomic mass is 16.2. The Morgan fingerprint density at radius 3 is 2.41 bits per heavy atom. The predicted octanol–water partition coefficient (Wildman–Crippen LogP) is 1.03. The van der Waals surface area contributed by atoms with E-state index in [0.717, 1.165) is 30.6 Å². The molecular formula is C12H18N2O3. The van der Waals surface area contributed by atoms with E-state index >= 15 is 0 Å². The minimum atomic E-state index is -0.348. The van der Waals surface area contributed by atoms with Crippen molar-refractivity contribution < 1.29 is 14.4 Å². The smallest absolute Gasteiger partial charge is 0.318 e. The molecule has 2 aliphatic rings. The zero-order valence-corrected chi connectivity index (χ0v) is 10.1. The second-order valence-corrected chi connectivity index (χ2v) is 4.92. The third kappa shape index (κ3) is 2.48. The van der Waals surface area contributed by atoms with Gasteiger partial charge in [0.2, 0.25) is 0 Å². The Labute approximate surface area is 101 Å². The first-order valence-corrected chi connectivity index (χ1v) is 6.18. The number of rotatable bonds is 3. The second kappa shape index (κ2) is 4.85. The van der Waals surface area contributed by atoms with E-state index in [2.05, 4.69) is 0 Å². The lowest BCUT2D eigenvalue weighted by molar-refractivity contribution is -0.131. The molecule has 1 aliphatic carbocycles. The van der Waals surface area contributed by atoms with Crippen molar-refractivity contribution in [2.75, 3.05) is 20.1 Å². The summed E-state index contributed by atoms with van der Waals surface area (Å²) in [6, 6.07) is -0.348. The van der Waals surface area contributed by atoms with E-state index in [0.29, 0.717) is 0 Å². The van der Waals surface area contributed by atoms with Crippen LogP contribution in [0.2, 0.25) is 0 Å². The van der Waals surface area contributed by atoms with Gasteiger partial charge in [-0.1, -0.05) is 19.3 Å². The number of Topliss-reactive ketones (excluding diaryl/α,β-unsaturated/α-hetero) is 1. The highest BCUT2D eigenvalue weighted by Gasteiger charge is 2.36. The lowest BCUT2D eigenvalue weighted by Crippen LogP contribution is -2.38. The van der Waals surface area contributed by atoms with Crippen molar-refractivity contribution in [3.05, 3.63) is 0 Å². The van der Waals surface area contributed by atoms with Crippen molar-refractivity contribution in [2.24, 2.45) is 5.92 Å². The Morgan fingerprint density at radius 1 is 1.24 bits per heavy atom. The van der Waals surface area contributed by atoms with E-state index < -0.39 is 0 Å². The van der Waals surface area contributed by atoms with Gasteiger partial charge in [0.15, 0.2) is 5.78 Å². The zero-order chi connectivity index (χ0) is 12.4. The minimum absolute atomic E-state index is 0.0350. The molecule has 2 fully saturated rings. The fraction of sp³-hybridized carbons (Fsp3) is 0.750. The van der Waals surface area contributed by atoms with E-state index in [1.807, 2.05) is 0 Å². The largest absolute Gasteiger partial charge is 0.327 e. The van der Waals surface area contributed by atoms with Crippen LogP contribution in [0.15, 0.2) is 0 Å². The molecule has 0 atom stereocenters. The van der Waals surface area contributed by atoms with Crippen LogP contribution in [0.5, 0.6) is 0 Å². The molecule has 0 bridgehead atoms. The van der Waals surface area contributed by atoms with Gasteiger partial charge in [-0.2, -0.15) is 0 Å². The molecule has 0 aromatic heterocycles. The molecule has 5 nitrogen and oxygen atoms in total. The highest BCUT2D eigenvalue weighted by molar-refractivity contribution is 6.04. The maximum absolute atomic E-state index is 12.0. The second-order valence-electron chi connectivity index (χ2n) is 4.92. The van der Waals surface area contributed by atoms with E-state index in [1.165, 1.54) is 11.3 Å². The summed E-state index contributed by atoms with van der Waals surface area (Å²) in [7, 11) is 1.57. The highest BCUT2D eigenvalue weighted by Crippen LogP contribution is 2.25. The molecule has 1 saturated carbocycles. The van der Waals surface area contributed by atoms with Gasteiger partial charge in [-0.15, -0.1) is 0 Å². The van der Waals surface area contributed by atoms with Crippen LogP contribution in [0.25, 0.3) is 0 Å². The third-order valence-corrected chi connectivity index (χ3v) is 3.61. The number of hydrogen-bond donors (Lipinski definition) is 0. The molecule has 0 spiro atoms. The Morgan fingerprint density at radius 2 is 1.88 bits per heavy atom. The van der Waals surface area contributed by atoms with Gasteiger partial charge in [-0.3, -0.25) is 14.5 Å². The van der Waals surface area contributed by atoms with E-state index in [9.17, 15) is 14.4 Å². The Kier molecular flexibility index (Phi) is 3.45. The fourth-order valence-corrected chi connectivity index (χ4v) is 2.53. The van der Waals surface area contributed by atoms with Gasteiger partial charge in [-0.05, 0) is 12.8 Å². The molecule has 1 heterocycles. The summed E-state index contributed by atoms with van der Waals surface area (Å²) in [6.07, 6.45) is 5.17. The number of likely N-dealkylation sites (N-methyl/N-ethyl adjacent to an activating group) is 1. The van der Waals surface area contributed by atoms with Crippen molar-refractivity contribution in [1.29, 1.82) is 0 Å². The summed E-state index contributed by atoms with van der Waals surface area (Å²) in [5, 5.41) is 0. The molecular weight excluding hydrogens is 220 g/mol. The molecule has 94 valence electrons. The first-order valence-electron chi connectivity index (χ1n) is 6.18. The van der Waals surface area contributed by atoms with Crippen LogP contribution in [-0.4, -0.2) is 47.7 Å². The SMILES string of the molecule is CN1CC(=O)N(CC(=O)C2CCCCC2)C1=O. The number of carbonyl (C=O) groups excluding carboxylic acids is 3. The molecule has 3 amide bonds. The van der Waals surface area contributed by atoms with Gasteiger partial charge >= 0.3 is 6.03 Å². The van der Waals surface area contributed by atoms with Crippen LogP contribution in [0.4, 0.5) is 4.79 Å². The number of nitrogens with zero attached hydrogens (tertiary/aromatic N) is 2. The first kappa shape index (κ1) is 12.1. The Hall–Kier alpha value is -1.39. The lowest BCUT2D eigenvalue weighted by Gasteiger charge is -2.22. The molecule has 0 unspecified atom stereocenters. The summed E-state index contributed by atoms with van der Waals surface area (Å²) in [6.45, 7) is 0.0590. The summed E-state index contributed by atoms with van der Waals surface area (Å²) in [5.41, 5.74) is 0. The van der Waals surface area contributed by atoms with Crippen LogP contribution in [0, 0.1) is 5.92 Å². The van der Waals surface area contributed by atoms with Crippen LogP contribution in [0.3, 0.4) is 0 Å². The van der Waals surface area contributed by atoms with Crippen LogP contribution >= 0.6 is 0 Å². The number of carbonyl (C=O) groups is 3. The van der Waals surface area contributed by atoms with Crippen LogP contribution in [-0.2, 0) is 9.59 Å². The Balaban J connectivity index is 1.94. The number of urea groups is 1. The first-order chi connectivity index (χ1) is 8.09. The number of imide groups is 1. The van der Waals surface area contributed by atoms with Crippen molar-refractivity contribution in [3.8, 4) is 0 Å². The van der Waals surface area contributed by atoms with Gasteiger partial charge in [0.05, 0.1) is 6.54 Å². The molecule has 0 aromatic carbocycles. The molecule has 1 saturated heterocycles. The van der Waals surface area contributed by atoms with E-state index in [4.69, 9.17) is 0 Å². The predicted molar refractivity (Wildman–Crippen MR) is 61.3 cm³/mol. The average molecular weight is 238 g/mol. The molecule has 0 aromatic rings. The molecule has 0 radical (unpaired) electrons. The standard InChI is InChI=1S/C12H18N2O3/c1-13-8-11(16)14(12(13)17)7-10(15)9-5-3-2-4-6-9/h9H,2-8H2,1H3. The maximum Gasteiger partial charge on any atom is 0.327 e. The zero-order valence-electron chi connectivity index (χ0n) is 10.1. The lowest BCUT2D eigenvalue weighted by atomic mass is 9.86. The van der Waals surface area contributed by atoms with Gasteiger partial charge in [0, 0.05) is 13.0 Å². The normalized spacial score (nSPS) is 22.4. The number of ketones is 1. The molecule has 0 N–H and O–H groups in total. The van der Waals surface area contributed by atoms with Gasteiger partial charge in [-0.25, -0.2) is 4.79 Å². The fourth-order valence-electron chi connectivity index (χ4n) is 2.53. The van der Waals surface area contributed by atoms with Crippen molar-refractivity contribution in [2.45, 2.75) is 32.1 Å². The molecule has 1 aliphatic heterocycles. The molecule has 2 rings (SSSR count). The molecule has 17 heavy (non-hydrogen) atoms. The van der Waals surface area contributed by atoms with E-state index in [-0.39, 0.29) is 36.7 Å². The third-order valence-electron chi connectivity index (χ3n) is 3.61. The summed E-state index contributed by atoms with van der Waals surface area (Å²) in [4.78, 5) is 37.5.